The van der Waals surface area contributed by atoms with Gasteiger partial charge in [0, 0.05) is 23.0 Å². The second-order valence-electron chi connectivity index (χ2n) is 19.8. The molecule has 0 fully saturated rings. The summed E-state index contributed by atoms with van der Waals surface area (Å²) >= 11 is 0. The van der Waals surface area contributed by atoms with E-state index < -0.39 is 68.5 Å². The van der Waals surface area contributed by atoms with Crippen molar-refractivity contribution in [2.75, 3.05) is 0 Å². The number of para-hydroxylation sites is 2. The SMILES string of the molecule is [2H]c1c([2H])c([2H])c(-c2cccc(-c3c([2H])c([2H])c([2H])c([2H])c3[2H])c2-[n+]2[c-]n(-c3cccc(Oc4ccc5c6ccccc6n(-c6cc(C(C)(C)C)ccn6)c5c4)c3)c3cc([Si](c4ccccc4)(c4ccccc4)c4ccccc4)ccc32)c([2H])c1[2H]. The van der Waals surface area contributed by atoms with E-state index in [-0.39, 0.29) is 33.4 Å². The zero-order valence-corrected chi connectivity index (χ0v) is 42.9. The molecule has 0 unspecified atom stereocenters. The molecule has 0 aliphatic carbocycles. The summed E-state index contributed by atoms with van der Waals surface area (Å²) in [4.78, 5) is 4.89. The lowest BCUT2D eigenvalue weighted by Crippen LogP contribution is -2.74. The highest BCUT2D eigenvalue weighted by Gasteiger charge is 2.41. The third kappa shape index (κ3) is 8.11. The summed E-state index contributed by atoms with van der Waals surface area (Å²) in [7, 11) is -3.23. The lowest BCUT2D eigenvalue weighted by molar-refractivity contribution is -0.571. The van der Waals surface area contributed by atoms with E-state index in [0.29, 0.717) is 28.2 Å². The highest BCUT2D eigenvalue weighted by Crippen LogP contribution is 2.38. The predicted molar refractivity (Wildman–Crippen MR) is 315 cm³/mol. The van der Waals surface area contributed by atoms with Crippen molar-refractivity contribution < 1.29 is 23.0 Å². The zero-order valence-electron chi connectivity index (χ0n) is 51.9. The van der Waals surface area contributed by atoms with Crippen LogP contribution in [-0.4, -0.2) is 22.2 Å². The van der Waals surface area contributed by atoms with Gasteiger partial charge in [0.05, 0.1) is 47.1 Å². The van der Waals surface area contributed by atoms with Gasteiger partial charge in [0.2, 0.25) is 0 Å². The van der Waals surface area contributed by atoms with E-state index in [4.69, 9.17) is 17.9 Å². The quantitative estimate of drug-likeness (QED) is 0.0560. The number of ether oxygens (including phenoxy) is 1. The van der Waals surface area contributed by atoms with Gasteiger partial charge in [0.15, 0.2) is 8.07 Å². The van der Waals surface area contributed by atoms with Gasteiger partial charge >= 0.3 is 0 Å². The van der Waals surface area contributed by atoms with E-state index in [1.165, 1.54) is 0 Å². The summed E-state index contributed by atoms with van der Waals surface area (Å²) in [5, 5.41) is 6.51. The van der Waals surface area contributed by atoms with Gasteiger partial charge in [0.25, 0.3) is 6.33 Å². The third-order valence-electron chi connectivity index (χ3n) is 14.3. The molecule has 10 aromatic carbocycles. The maximum absolute atomic E-state index is 9.34. The normalized spacial score (nSPS) is 13.7. The Bertz CT molecular complexity index is 4610. The van der Waals surface area contributed by atoms with Crippen molar-refractivity contribution in [2.45, 2.75) is 26.2 Å². The fourth-order valence-electron chi connectivity index (χ4n) is 10.8. The van der Waals surface area contributed by atoms with Crippen LogP contribution in [0, 0.1) is 6.33 Å². The monoisotopic (exact) mass is 1000 g/mol. The van der Waals surface area contributed by atoms with Crippen molar-refractivity contribution in [3.8, 4) is 50.9 Å². The molecule has 0 aliphatic heterocycles. The van der Waals surface area contributed by atoms with E-state index >= 15 is 0 Å². The first-order valence-corrected chi connectivity index (χ1v) is 27.2. The minimum absolute atomic E-state index is 0.115. The molecule has 0 bridgehead atoms. The summed E-state index contributed by atoms with van der Waals surface area (Å²) in [6.07, 6.45) is 5.50. The molecule has 5 nitrogen and oxygen atoms in total. The lowest BCUT2D eigenvalue weighted by atomic mass is 9.88. The molecule has 0 amide bonds. The summed E-state index contributed by atoms with van der Waals surface area (Å²) in [6.45, 7) is 6.56. The number of hydrogen-bond donors (Lipinski definition) is 0. The Balaban J connectivity index is 1.09. The number of aromatic nitrogens is 4. The highest BCUT2D eigenvalue weighted by atomic mass is 28.3. The Labute approximate surface area is 458 Å². The molecule has 0 spiro atoms. The first kappa shape index (κ1) is 36.5. The van der Waals surface area contributed by atoms with Crippen molar-refractivity contribution in [1.29, 1.82) is 0 Å². The standard InChI is InChI=1S/C70H54N4OSi/c1-70(2,3)52-43-44-71-68(45-52)74-64-38-20-19-35-62(64)63-41-39-55(47-66(63)74)75-54-28-21-27-53(46-54)72-49-73(69-60(50-23-9-4-10-24-50)36-22-37-61(69)51-25-11-5-12-26-51)65-42-40-59(48-67(65)72)76(56-29-13-6-14-30-56,57-31-15-7-16-32-57)58-33-17-8-18-34-58/h4-48H,1-3H3/i4D,5D,9D,10D,11D,12D,23D,24D,25D,26D. The van der Waals surface area contributed by atoms with Crippen LogP contribution in [0.15, 0.2) is 273 Å². The van der Waals surface area contributed by atoms with Crippen molar-refractivity contribution in [3.05, 3.63) is 285 Å². The molecular formula is C70H54N4OSi. The van der Waals surface area contributed by atoms with Gasteiger partial charge in [-0.05, 0) is 103 Å². The van der Waals surface area contributed by atoms with Crippen molar-refractivity contribution in [3.63, 3.8) is 0 Å². The van der Waals surface area contributed by atoms with Gasteiger partial charge in [-0.2, -0.15) is 0 Å². The molecule has 0 atom stereocenters. The largest absolute Gasteiger partial charge is 0.458 e. The molecule has 0 N–H and O–H groups in total. The fraction of sp³-hybridized carbons (Fsp3) is 0.0571. The molecule has 3 aromatic heterocycles. The van der Waals surface area contributed by atoms with Crippen LogP contribution in [0.3, 0.4) is 0 Å². The van der Waals surface area contributed by atoms with Crippen molar-refractivity contribution in [2.24, 2.45) is 0 Å². The Morgan fingerprint density at radius 3 is 1.71 bits per heavy atom. The first-order chi connectivity index (χ1) is 41.5. The van der Waals surface area contributed by atoms with Gasteiger partial charge in [0.1, 0.15) is 17.3 Å². The van der Waals surface area contributed by atoms with Gasteiger partial charge in [-0.25, -0.2) is 4.98 Å². The topological polar surface area (TPSA) is 35.9 Å². The van der Waals surface area contributed by atoms with Crippen LogP contribution < -0.4 is 30.1 Å². The fourth-order valence-corrected chi connectivity index (χ4v) is 15.6. The number of fused-ring (bicyclic) bond motifs is 4. The smallest absolute Gasteiger partial charge is 0.269 e. The summed E-state index contributed by atoms with van der Waals surface area (Å²) in [5.74, 6) is 1.85. The Kier molecular flexibility index (Phi) is 9.21. The second-order valence-corrected chi connectivity index (χ2v) is 23.6. The Morgan fingerprint density at radius 2 is 1.08 bits per heavy atom. The maximum Gasteiger partial charge on any atom is 0.269 e. The van der Waals surface area contributed by atoms with E-state index in [2.05, 4.69) is 147 Å². The molecule has 0 radical (unpaired) electrons. The number of rotatable bonds is 11. The van der Waals surface area contributed by atoms with Gasteiger partial charge < -0.3 is 4.74 Å². The van der Waals surface area contributed by atoms with Gasteiger partial charge in [-0.15, -0.1) is 0 Å². The van der Waals surface area contributed by atoms with Crippen LogP contribution in [-0.2, 0) is 5.41 Å². The first-order valence-electron chi connectivity index (χ1n) is 30.2. The minimum atomic E-state index is -3.23. The molecular weight excluding hydrogens is 941 g/mol. The second kappa shape index (κ2) is 19.2. The summed E-state index contributed by atoms with van der Waals surface area (Å²) in [5.41, 5.74) is 4.88. The molecule has 3 heterocycles. The lowest BCUT2D eigenvalue weighted by Gasteiger charge is -2.34. The highest BCUT2D eigenvalue weighted by molar-refractivity contribution is 7.20. The van der Waals surface area contributed by atoms with Crippen LogP contribution >= 0.6 is 0 Å². The molecule has 76 heavy (non-hydrogen) atoms. The molecule has 0 saturated heterocycles. The summed E-state index contributed by atoms with van der Waals surface area (Å²) in [6, 6.07) is 63.4. The zero-order chi connectivity index (χ0) is 59.9. The number of nitrogens with zero attached hydrogens (tertiary/aromatic N) is 4. The Hall–Kier alpha value is -9.36. The van der Waals surface area contributed by atoms with E-state index in [1.54, 1.807) is 22.8 Å². The minimum Gasteiger partial charge on any atom is -0.458 e. The van der Waals surface area contributed by atoms with Gasteiger partial charge in [-0.3, -0.25) is 13.7 Å². The van der Waals surface area contributed by atoms with Crippen LogP contribution in [0.25, 0.3) is 72.3 Å². The van der Waals surface area contributed by atoms with E-state index in [0.717, 1.165) is 53.9 Å². The molecule has 0 aliphatic rings. The number of hydrogen-bond acceptors (Lipinski definition) is 2. The van der Waals surface area contributed by atoms with Crippen LogP contribution in [0.5, 0.6) is 11.5 Å². The van der Waals surface area contributed by atoms with E-state index in [1.807, 2.05) is 83.6 Å². The Morgan fingerprint density at radius 1 is 0.500 bits per heavy atom. The number of benzene rings is 10. The molecule has 13 aromatic rings. The number of imidazole rings is 1. The number of pyridine rings is 1. The molecule has 13 rings (SSSR count). The van der Waals surface area contributed by atoms with E-state index in [9.17, 15) is 5.48 Å². The molecule has 6 heteroatoms. The van der Waals surface area contributed by atoms with Crippen molar-refractivity contribution >= 4 is 61.7 Å². The molecule has 0 saturated carbocycles. The average molecular weight is 1010 g/mol. The predicted octanol–water partition coefficient (Wildman–Crippen LogP) is 14.0. The average Bonchev–Trinajstić information content (AvgIpc) is 1.49. The van der Waals surface area contributed by atoms with Crippen LogP contribution in [0.1, 0.15) is 40.0 Å². The van der Waals surface area contributed by atoms with Gasteiger partial charge in [-0.1, -0.05) is 233 Å². The summed E-state index contributed by atoms with van der Waals surface area (Å²) < 4.78 is 103. The maximum atomic E-state index is 9.34. The third-order valence-corrected chi connectivity index (χ3v) is 19.1. The van der Waals surface area contributed by atoms with Crippen molar-refractivity contribution in [1.82, 2.24) is 14.1 Å². The molecule has 364 valence electrons. The van der Waals surface area contributed by atoms with Crippen LogP contribution in [0.2, 0.25) is 0 Å². The van der Waals surface area contributed by atoms with Crippen LogP contribution in [0.4, 0.5) is 0 Å².